The van der Waals surface area contributed by atoms with Crippen LogP contribution < -0.4 is 10.0 Å². The van der Waals surface area contributed by atoms with Crippen molar-refractivity contribution < 1.29 is 8.42 Å². The van der Waals surface area contributed by atoms with E-state index in [1.165, 1.54) is 25.7 Å². The van der Waals surface area contributed by atoms with Gasteiger partial charge < -0.3 is 5.32 Å². The van der Waals surface area contributed by atoms with E-state index in [1.54, 1.807) is 11.3 Å². The van der Waals surface area contributed by atoms with Gasteiger partial charge in [-0.15, -0.1) is 11.3 Å². The van der Waals surface area contributed by atoms with E-state index in [2.05, 4.69) is 10.0 Å². The predicted molar refractivity (Wildman–Crippen MR) is 86.1 cm³/mol. The van der Waals surface area contributed by atoms with Crippen molar-refractivity contribution in [3.63, 3.8) is 0 Å². The number of nitrogens with one attached hydrogen (secondary N) is 2. The lowest BCUT2D eigenvalue weighted by atomic mass is 10.1. The molecular formula is C15H24N2O2S2. The summed E-state index contributed by atoms with van der Waals surface area (Å²) in [7, 11) is -3.37. The lowest BCUT2D eigenvalue weighted by Crippen LogP contribution is -2.30. The fourth-order valence-corrected chi connectivity index (χ4v) is 5.88. The Bertz CT molecular complexity index is 585. The molecule has 0 unspecified atom stereocenters. The maximum atomic E-state index is 12.6. The molecule has 0 saturated heterocycles. The van der Waals surface area contributed by atoms with Crippen molar-refractivity contribution in [3.05, 3.63) is 15.8 Å². The molecule has 0 aliphatic heterocycles. The molecule has 0 atom stereocenters. The Morgan fingerprint density at radius 3 is 2.62 bits per heavy atom. The van der Waals surface area contributed by atoms with Gasteiger partial charge in [-0.1, -0.05) is 12.8 Å². The lowest BCUT2D eigenvalue weighted by Gasteiger charge is -2.13. The van der Waals surface area contributed by atoms with Gasteiger partial charge in [-0.2, -0.15) is 0 Å². The maximum absolute atomic E-state index is 12.6. The van der Waals surface area contributed by atoms with Crippen LogP contribution in [0.15, 0.2) is 10.3 Å². The molecule has 4 nitrogen and oxygen atoms in total. The van der Waals surface area contributed by atoms with E-state index in [9.17, 15) is 8.42 Å². The van der Waals surface area contributed by atoms with Crippen molar-refractivity contribution in [2.45, 2.75) is 62.9 Å². The zero-order valence-electron chi connectivity index (χ0n) is 12.5. The van der Waals surface area contributed by atoms with E-state index in [0.29, 0.717) is 29.9 Å². The summed E-state index contributed by atoms with van der Waals surface area (Å²) in [6.07, 6.45) is 7.21. The summed E-state index contributed by atoms with van der Waals surface area (Å²) >= 11 is 1.55. The minimum atomic E-state index is -3.37. The summed E-state index contributed by atoms with van der Waals surface area (Å²) < 4.78 is 28.1. The maximum Gasteiger partial charge on any atom is 0.241 e. The van der Waals surface area contributed by atoms with Gasteiger partial charge in [0.2, 0.25) is 10.0 Å². The van der Waals surface area contributed by atoms with Crippen LogP contribution in [0.1, 0.15) is 49.0 Å². The van der Waals surface area contributed by atoms with Crippen molar-refractivity contribution in [3.8, 4) is 0 Å². The van der Waals surface area contributed by atoms with Crippen LogP contribution in [0.5, 0.6) is 0 Å². The van der Waals surface area contributed by atoms with Crippen LogP contribution in [-0.4, -0.2) is 21.0 Å². The average Bonchev–Trinajstić information content (AvgIpc) is 2.97. The van der Waals surface area contributed by atoms with Crippen LogP contribution >= 0.6 is 11.3 Å². The number of thiophene rings is 1. The molecule has 6 heteroatoms. The first kappa shape index (κ1) is 15.5. The second-order valence-corrected chi connectivity index (χ2v) is 9.00. The molecule has 118 valence electrons. The van der Waals surface area contributed by atoms with Gasteiger partial charge in [0, 0.05) is 24.0 Å². The molecule has 2 fully saturated rings. The number of hydrogen-bond acceptors (Lipinski definition) is 4. The van der Waals surface area contributed by atoms with Gasteiger partial charge in [0.1, 0.15) is 4.90 Å². The zero-order valence-corrected chi connectivity index (χ0v) is 14.2. The van der Waals surface area contributed by atoms with Crippen LogP contribution in [0.4, 0.5) is 0 Å². The van der Waals surface area contributed by atoms with Crippen LogP contribution in [-0.2, 0) is 16.6 Å². The number of rotatable bonds is 7. The average molecular weight is 329 g/mol. The van der Waals surface area contributed by atoms with Gasteiger partial charge >= 0.3 is 0 Å². The van der Waals surface area contributed by atoms with E-state index in [-0.39, 0.29) is 0 Å². The van der Waals surface area contributed by atoms with E-state index < -0.39 is 10.0 Å². The highest BCUT2D eigenvalue weighted by atomic mass is 32.2. The second kappa shape index (κ2) is 6.36. The third-order valence-corrected chi connectivity index (χ3v) is 7.31. The van der Waals surface area contributed by atoms with Gasteiger partial charge in [0.15, 0.2) is 0 Å². The Balaban J connectivity index is 1.68. The molecule has 0 radical (unpaired) electrons. The smallest absolute Gasteiger partial charge is 0.241 e. The number of sulfonamides is 1. The van der Waals surface area contributed by atoms with Crippen molar-refractivity contribution in [2.24, 2.45) is 5.92 Å². The van der Waals surface area contributed by atoms with Crippen molar-refractivity contribution >= 4 is 21.4 Å². The van der Waals surface area contributed by atoms with Gasteiger partial charge in [0.05, 0.1) is 0 Å². The highest BCUT2D eigenvalue weighted by molar-refractivity contribution is 7.89. The first-order valence-electron chi connectivity index (χ1n) is 7.86. The first-order chi connectivity index (χ1) is 10.1. The number of aryl methyl sites for hydroxylation is 1. The van der Waals surface area contributed by atoms with Gasteiger partial charge in [-0.05, 0) is 49.5 Å². The van der Waals surface area contributed by atoms with Gasteiger partial charge in [-0.3, -0.25) is 0 Å². The summed E-state index contributed by atoms with van der Waals surface area (Å²) in [6, 6.07) is 0.592. The predicted octanol–water partition coefficient (Wildman–Crippen LogP) is 2.78. The molecule has 0 aromatic carbocycles. The summed E-state index contributed by atoms with van der Waals surface area (Å²) in [4.78, 5) is 1.46. The largest absolute Gasteiger partial charge is 0.309 e. The Hall–Kier alpha value is -0.430. The highest BCUT2D eigenvalue weighted by Gasteiger charge is 2.26. The quantitative estimate of drug-likeness (QED) is 0.809. The summed E-state index contributed by atoms with van der Waals surface area (Å²) in [6.45, 7) is 3.15. The summed E-state index contributed by atoms with van der Waals surface area (Å²) in [5.41, 5.74) is 0.867. The van der Waals surface area contributed by atoms with Gasteiger partial charge in [-0.25, -0.2) is 13.1 Å². The molecule has 2 aliphatic carbocycles. The topological polar surface area (TPSA) is 58.2 Å². The first-order valence-corrected chi connectivity index (χ1v) is 10.2. The lowest BCUT2D eigenvalue weighted by molar-refractivity contribution is 0.519. The third kappa shape index (κ3) is 3.86. The monoisotopic (exact) mass is 328 g/mol. The highest BCUT2D eigenvalue weighted by Crippen LogP contribution is 2.29. The summed E-state index contributed by atoms with van der Waals surface area (Å²) in [5.74, 6) is 0.520. The molecule has 0 bridgehead atoms. The Kier molecular flexibility index (Phi) is 4.69. The Labute approximate surface area is 131 Å². The molecular weight excluding hydrogens is 304 g/mol. The third-order valence-electron chi connectivity index (χ3n) is 4.42. The van der Waals surface area contributed by atoms with Gasteiger partial charge in [0.25, 0.3) is 0 Å². The van der Waals surface area contributed by atoms with Crippen molar-refractivity contribution in [1.29, 1.82) is 0 Å². The Morgan fingerprint density at radius 2 is 1.95 bits per heavy atom. The molecule has 0 amide bonds. The molecule has 0 spiro atoms. The SMILES string of the molecule is Cc1csc(CNC2CC2)c1S(=O)(=O)NCC1CCCC1. The van der Waals surface area contributed by atoms with E-state index in [4.69, 9.17) is 0 Å². The van der Waals surface area contributed by atoms with Crippen molar-refractivity contribution in [2.75, 3.05) is 6.54 Å². The van der Waals surface area contributed by atoms with Crippen LogP contribution in [0.2, 0.25) is 0 Å². The fourth-order valence-electron chi connectivity index (χ4n) is 3.01. The minimum absolute atomic E-state index is 0.513. The van der Waals surface area contributed by atoms with E-state index in [0.717, 1.165) is 23.3 Å². The molecule has 2 aliphatic rings. The molecule has 1 aromatic heterocycles. The molecule has 1 heterocycles. The molecule has 2 saturated carbocycles. The fraction of sp³-hybridized carbons (Fsp3) is 0.733. The van der Waals surface area contributed by atoms with Crippen LogP contribution in [0, 0.1) is 12.8 Å². The molecule has 1 aromatic rings. The minimum Gasteiger partial charge on any atom is -0.309 e. The number of hydrogen-bond donors (Lipinski definition) is 2. The zero-order chi connectivity index (χ0) is 14.9. The molecule has 2 N–H and O–H groups in total. The standard InChI is InChI=1S/C15H24N2O2S2/c1-11-10-20-14(9-16-13-6-7-13)15(11)21(18,19)17-8-12-4-2-3-5-12/h10,12-13,16-17H,2-9H2,1H3. The van der Waals surface area contributed by atoms with E-state index >= 15 is 0 Å². The second-order valence-electron chi connectivity index (χ2n) is 6.33. The Morgan fingerprint density at radius 1 is 1.24 bits per heavy atom. The normalized spacial score (nSPS) is 20.2. The van der Waals surface area contributed by atoms with Crippen LogP contribution in [0.25, 0.3) is 0 Å². The molecule has 3 rings (SSSR count). The summed E-state index contributed by atoms with van der Waals surface area (Å²) in [5, 5.41) is 5.37. The van der Waals surface area contributed by atoms with Crippen molar-refractivity contribution in [1.82, 2.24) is 10.0 Å². The van der Waals surface area contributed by atoms with Crippen LogP contribution in [0.3, 0.4) is 0 Å². The molecule has 21 heavy (non-hydrogen) atoms. The van der Waals surface area contributed by atoms with E-state index in [1.807, 2.05) is 12.3 Å².